The van der Waals surface area contributed by atoms with Crippen LogP contribution in [0.5, 0.6) is 0 Å². The number of nitrogen functional groups attached to an aromatic ring is 1. The second-order valence-corrected chi connectivity index (χ2v) is 6.27. The highest BCUT2D eigenvalue weighted by molar-refractivity contribution is 7.70. The van der Waals surface area contributed by atoms with Gasteiger partial charge >= 0.3 is 0 Å². The molecule has 0 atom stereocenters. The molecule has 1 rings (SSSR count). The van der Waals surface area contributed by atoms with Crippen LogP contribution in [0.25, 0.3) is 0 Å². The first-order chi connectivity index (χ1) is 5.41. The minimum Gasteiger partial charge on any atom is -0.396 e. The summed E-state index contributed by atoms with van der Waals surface area (Å²) < 4.78 is 24.3. The second-order valence-electron chi connectivity index (χ2n) is 3.06. The fraction of sp³-hybridized carbons (Fsp3) is 0.250. The number of hydrogen-bond acceptors (Lipinski definition) is 2. The summed E-state index contributed by atoms with van der Waals surface area (Å²) in [6.07, 6.45) is 0. The smallest absolute Gasteiger partial charge is 0.146 e. The van der Waals surface area contributed by atoms with E-state index in [0.717, 1.165) is 0 Å². The number of rotatable bonds is 1. The number of anilines is 1. The Bertz CT molecular complexity index is 345. The summed E-state index contributed by atoms with van der Waals surface area (Å²) in [4.78, 5) is 0. The van der Waals surface area contributed by atoms with Crippen LogP contribution >= 0.6 is 7.14 Å². The minimum atomic E-state index is -2.36. The van der Waals surface area contributed by atoms with Crippen molar-refractivity contribution in [3.8, 4) is 0 Å². The van der Waals surface area contributed by atoms with Gasteiger partial charge in [-0.05, 0) is 31.5 Å². The van der Waals surface area contributed by atoms with Crippen LogP contribution in [-0.4, -0.2) is 13.3 Å². The van der Waals surface area contributed by atoms with Gasteiger partial charge < -0.3 is 10.3 Å². The van der Waals surface area contributed by atoms with Crippen LogP contribution in [0.4, 0.5) is 10.1 Å². The van der Waals surface area contributed by atoms with Crippen LogP contribution < -0.4 is 11.0 Å². The molecule has 0 fully saturated rings. The molecule has 0 spiro atoms. The molecule has 0 aliphatic carbocycles. The molecule has 0 aliphatic rings. The van der Waals surface area contributed by atoms with Crippen molar-refractivity contribution < 1.29 is 8.96 Å². The maximum absolute atomic E-state index is 12.9. The van der Waals surface area contributed by atoms with Gasteiger partial charge in [0.1, 0.15) is 13.0 Å². The van der Waals surface area contributed by atoms with E-state index in [4.69, 9.17) is 5.73 Å². The predicted molar refractivity (Wildman–Crippen MR) is 49.9 cm³/mol. The Kier molecular flexibility index (Phi) is 2.25. The maximum Gasteiger partial charge on any atom is 0.146 e. The Morgan fingerprint density at radius 2 is 2.00 bits per heavy atom. The summed E-state index contributed by atoms with van der Waals surface area (Å²) in [6.45, 7) is 3.19. The number of benzene rings is 1. The lowest BCUT2D eigenvalue weighted by atomic mass is 10.3. The average Bonchev–Trinajstić information content (AvgIpc) is 1.92. The summed E-state index contributed by atoms with van der Waals surface area (Å²) >= 11 is 0. The number of hydrogen-bond donors (Lipinski definition) is 1. The third-order valence-corrected chi connectivity index (χ3v) is 3.13. The molecule has 2 nitrogen and oxygen atoms in total. The van der Waals surface area contributed by atoms with Crippen LogP contribution in [0.1, 0.15) is 0 Å². The van der Waals surface area contributed by atoms with Gasteiger partial charge in [0.15, 0.2) is 0 Å². The highest BCUT2D eigenvalue weighted by Crippen LogP contribution is 2.34. The average molecular weight is 187 g/mol. The molecule has 1 aromatic carbocycles. The van der Waals surface area contributed by atoms with Crippen molar-refractivity contribution in [3.05, 3.63) is 24.0 Å². The van der Waals surface area contributed by atoms with Gasteiger partial charge in [0, 0.05) is 5.30 Å². The number of halogens is 1. The zero-order chi connectivity index (χ0) is 9.35. The lowest BCUT2D eigenvalue weighted by Crippen LogP contribution is -2.05. The van der Waals surface area contributed by atoms with E-state index in [2.05, 4.69) is 0 Å². The van der Waals surface area contributed by atoms with E-state index in [1.807, 2.05) is 0 Å². The van der Waals surface area contributed by atoms with Crippen molar-refractivity contribution in [1.82, 2.24) is 0 Å². The first kappa shape index (κ1) is 9.27. The summed E-state index contributed by atoms with van der Waals surface area (Å²) in [6, 6.07) is 4.26. The Morgan fingerprint density at radius 3 is 2.42 bits per heavy atom. The van der Waals surface area contributed by atoms with E-state index in [-0.39, 0.29) is 5.69 Å². The molecule has 0 amide bonds. The zero-order valence-electron chi connectivity index (χ0n) is 7.04. The van der Waals surface area contributed by atoms with Gasteiger partial charge in [-0.2, -0.15) is 0 Å². The van der Waals surface area contributed by atoms with Gasteiger partial charge in [-0.15, -0.1) is 0 Å². The summed E-state index contributed by atoms with van der Waals surface area (Å²) in [5.41, 5.74) is 5.36. The third kappa shape index (κ3) is 1.86. The minimum absolute atomic E-state index is 0.0900. The maximum atomic E-state index is 12.9. The predicted octanol–water partition coefficient (Wildman–Crippen LogP) is 1.66. The van der Waals surface area contributed by atoms with Crippen LogP contribution in [0.15, 0.2) is 18.2 Å². The van der Waals surface area contributed by atoms with E-state index in [1.165, 1.54) is 12.1 Å². The molecule has 2 N–H and O–H groups in total. The summed E-state index contributed by atoms with van der Waals surface area (Å²) in [5, 5.41) is 0.522. The molecule has 1 aromatic rings. The molecular formula is C8H11FNOP. The lowest BCUT2D eigenvalue weighted by Gasteiger charge is -2.06. The molecule has 0 aromatic heterocycles. The molecule has 12 heavy (non-hydrogen) atoms. The Morgan fingerprint density at radius 1 is 1.42 bits per heavy atom. The van der Waals surface area contributed by atoms with Crippen LogP contribution in [0, 0.1) is 5.82 Å². The van der Waals surface area contributed by atoms with Crippen LogP contribution in [-0.2, 0) is 4.57 Å². The van der Waals surface area contributed by atoms with E-state index >= 15 is 0 Å². The molecule has 4 heteroatoms. The quantitative estimate of drug-likeness (QED) is 0.536. The van der Waals surface area contributed by atoms with Crippen molar-refractivity contribution in [1.29, 1.82) is 0 Å². The van der Waals surface area contributed by atoms with Gasteiger partial charge in [0.25, 0.3) is 0 Å². The molecule has 0 unspecified atom stereocenters. The highest BCUT2D eigenvalue weighted by atomic mass is 31.2. The molecule has 0 bridgehead atoms. The Labute approximate surface area is 71.0 Å². The molecule has 0 radical (unpaired) electrons. The van der Waals surface area contributed by atoms with Gasteiger partial charge in [-0.1, -0.05) is 0 Å². The van der Waals surface area contributed by atoms with E-state index in [9.17, 15) is 8.96 Å². The third-order valence-electron chi connectivity index (χ3n) is 1.61. The SMILES string of the molecule is CP(C)(=O)c1ccc(N)c(F)c1. The molecular weight excluding hydrogens is 176 g/mol. The topological polar surface area (TPSA) is 43.1 Å². The normalized spacial score (nSPS) is 11.6. The largest absolute Gasteiger partial charge is 0.396 e. The van der Waals surface area contributed by atoms with Crippen molar-refractivity contribution in [3.63, 3.8) is 0 Å². The highest BCUT2D eigenvalue weighted by Gasteiger charge is 2.12. The van der Waals surface area contributed by atoms with Crippen molar-refractivity contribution in [2.75, 3.05) is 19.1 Å². The van der Waals surface area contributed by atoms with E-state index in [1.54, 1.807) is 19.4 Å². The van der Waals surface area contributed by atoms with Crippen LogP contribution in [0.2, 0.25) is 0 Å². The lowest BCUT2D eigenvalue weighted by molar-refractivity contribution is 0.587. The van der Waals surface area contributed by atoms with Gasteiger partial charge in [-0.25, -0.2) is 4.39 Å². The Hall–Kier alpha value is -0.820. The number of nitrogens with two attached hydrogens (primary N) is 1. The Balaban J connectivity index is 3.23. The summed E-state index contributed by atoms with van der Waals surface area (Å²) in [7, 11) is -2.36. The second kappa shape index (κ2) is 2.91. The molecule has 0 saturated carbocycles. The monoisotopic (exact) mass is 187 g/mol. The van der Waals surface area contributed by atoms with E-state index < -0.39 is 13.0 Å². The first-order valence-corrected chi connectivity index (χ1v) is 6.12. The fourth-order valence-electron chi connectivity index (χ4n) is 0.851. The van der Waals surface area contributed by atoms with Gasteiger partial charge in [0.2, 0.25) is 0 Å². The molecule has 0 heterocycles. The van der Waals surface area contributed by atoms with Crippen molar-refractivity contribution >= 4 is 18.1 Å². The molecule has 0 aliphatic heterocycles. The summed E-state index contributed by atoms with van der Waals surface area (Å²) in [5.74, 6) is -0.503. The van der Waals surface area contributed by atoms with E-state index in [0.29, 0.717) is 5.30 Å². The van der Waals surface area contributed by atoms with Gasteiger partial charge in [-0.3, -0.25) is 0 Å². The van der Waals surface area contributed by atoms with Crippen molar-refractivity contribution in [2.24, 2.45) is 0 Å². The standard InChI is InChI=1S/C8H11FNOP/c1-12(2,11)6-3-4-8(10)7(9)5-6/h3-5H,10H2,1-2H3. The van der Waals surface area contributed by atoms with Gasteiger partial charge in [0.05, 0.1) is 5.69 Å². The fourth-order valence-corrected chi connectivity index (χ4v) is 1.71. The van der Waals surface area contributed by atoms with Crippen LogP contribution in [0.3, 0.4) is 0 Å². The van der Waals surface area contributed by atoms with Crippen molar-refractivity contribution in [2.45, 2.75) is 0 Å². The first-order valence-electron chi connectivity index (χ1n) is 3.52. The molecule has 66 valence electrons. The molecule has 0 saturated heterocycles. The zero-order valence-corrected chi connectivity index (χ0v) is 7.94.